The van der Waals surface area contributed by atoms with E-state index in [2.05, 4.69) is 4.72 Å². The molecule has 4 nitrogen and oxygen atoms in total. The average molecular weight is 325 g/mol. The van der Waals surface area contributed by atoms with Crippen LogP contribution in [-0.4, -0.2) is 8.42 Å². The zero-order valence-corrected chi connectivity index (χ0v) is 13.2. The standard InChI is InChI=1S/C15H17ClN2O2S/c1-11-6-7-12(9-17)8-15(11)21(19,20)18-10-13-4-2-3-5-14(13)16/h2-8,18H,9-10,17H2,1H3. The summed E-state index contributed by atoms with van der Waals surface area (Å²) in [5.74, 6) is 0. The number of halogens is 1. The van der Waals surface area contributed by atoms with Gasteiger partial charge in [0.1, 0.15) is 0 Å². The Morgan fingerprint density at radius 3 is 2.57 bits per heavy atom. The molecule has 0 fully saturated rings. The van der Waals surface area contributed by atoms with E-state index in [0.29, 0.717) is 17.1 Å². The Labute approximate surface area is 130 Å². The van der Waals surface area contributed by atoms with Crippen LogP contribution in [0.4, 0.5) is 0 Å². The predicted octanol–water partition coefficient (Wildman–Crippen LogP) is 2.59. The van der Waals surface area contributed by atoms with Gasteiger partial charge in [0, 0.05) is 18.1 Å². The fraction of sp³-hybridized carbons (Fsp3) is 0.200. The molecule has 0 radical (unpaired) electrons. The second-order valence-corrected chi connectivity index (χ2v) is 6.86. The normalized spacial score (nSPS) is 11.6. The Morgan fingerprint density at radius 1 is 1.19 bits per heavy atom. The smallest absolute Gasteiger partial charge is 0.241 e. The van der Waals surface area contributed by atoms with Crippen LogP contribution in [0.3, 0.4) is 0 Å². The molecular weight excluding hydrogens is 308 g/mol. The lowest BCUT2D eigenvalue weighted by molar-refractivity contribution is 0.580. The minimum Gasteiger partial charge on any atom is -0.326 e. The Balaban J connectivity index is 2.25. The Morgan fingerprint density at radius 2 is 1.90 bits per heavy atom. The molecule has 2 rings (SSSR count). The summed E-state index contributed by atoms with van der Waals surface area (Å²) >= 11 is 6.03. The first-order valence-electron chi connectivity index (χ1n) is 6.46. The van der Waals surface area contributed by atoms with Crippen molar-refractivity contribution >= 4 is 21.6 Å². The van der Waals surface area contributed by atoms with Crippen LogP contribution in [0.1, 0.15) is 16.7 Å². The van der Waals surface area contributed by atoms with Crippen LogP contribution in [-0.2, 0) is 23.1 Å². The summed E-state index contributed by atoms with van der Waals surface area (Å²) in [5.41, 5.74) is 7.75. The lowest BCUT2D eigenvalue weighted by Crippen LogP contribution is -2.24. The van der Waals surface area contributed by atoms with Crippen molar-refractivity contribution in [3.63, 3.8) is 0 Å². The summed E-state index contributed by atoms with van der Waals surface area (Å²) in [7, 11) is -3.60. The van der Waals surface area contributed by atoms with Crippen LogP contribution < -0.4 is 10.5 Å². The van der Waals surface area contributed by atoms with E-state index in [-0.39, 0.29) is 11.4 Å². The molecule has 0 heterocycles. The van der Waals surface area contributed by atoms with Gasteiger partial charge in [-0.25, -0.2) is 13.1 Å². The third kappa shape index (κ3) is 3.83. The lowest BCUT2D eigenvalue weighted by Gasteiger charge is -2.11. The van der Waals surface area contributed by atoms with Crippen LogP contribution in [0.5, 0.6) is 0 Å². The topological polar surface area (TPSA) is 72.2 Å². The molecular formula is C15H17ClN2O2S. The fourth-order valence-corrected chi connectivity index (χ4v) is 3.46. The number of nitrogens with two attached hydrogens (primary N) is 1. The van der Waals surface area contributed by atoms with Gasteiger partial charge in [0.25, 0.3) is 0 Å². The maximum atomic E-state index is 12.4. The molecule has 0 spiro atoms. The molecule has 0 saturated carbocycles. The molecule has 0 amide bonds. The van der Waals surface area contributed by atoms with Crippen LogP contribution in [0, 0.1) is 6.92 Å². The quantitative estimate of drug-likeness (QED) is 0.888. The highest BCUT2D eigenvalue weighted by Crippen LogP contribution is 2.19. The van der Waals surface area contributed by atoms with Gasteiger partial charge < -0.3 is 5.73 Å². The molecule has 2 aromatic carbocycles. The van der Waals surface area contributed by atoms with Crippen molar-refractivity contribution in [3.05, 3.63) is 64.2 Å². The van der Waals surface area contributed by atoms with E-state index in [1.165, 1.54) is 0 Å². The lowest BCUT2D eigenvalue weighted by atomic mass is 10.1. The van der Waals surface area contributed by atoms with Gasteiger partial charge >= 0.3 is 0 Å². The number of nitrogens with one attached hydrogen (secondary N) is 1. The molecule has 0 aliphatic rings. The SMILES string of the molecule is Cc1ccc(CN)cc1S(=O)(=O)NCc1ccccc1Cl. The zero-order chi connectivity index (χ0) is 15.5. The summed E-state index contributed by atoms with van der Waals surface area (Å²) in [6.45, 7) is 2.20. The van der Waals surface area contributed by atoms with Gasteiger partial charge in [-0.1, -0.05) is 41.9 Å². The van der Waals surface area contributed by atoms with Crippen molar-refractivity contribution in [2.45, 2.75) is 24.9 Å². The van der Waals surface area contributed by atoms with Gasteiger partial charge in [-0.3, -0.25) is 0 Å². The minimum atomic E-state index is -3.60. The largest absolute Gasteiger partial charge is 0.326 e. The van der Waals surface area contributed by atoms with Gasteiger partial charge in [0.05, 0.1) is 4.90 Å². The highest BCUT2D eigenvalue weighted by molar-refractivity contribution is 7.89. The molecule has 0 unspecified atom stereocenters. The van der Waals surface area contributed by atoms with E-state index in [4.69, 9.17) is 17.3 Å². The maximum absolute atomic E-state index is 12.4. The number of sulfonamides is 1. The second kappa shape index (κ2) is 6.58. The molecule has 112 valence electrons. The van der Waals surface area contributed by atoms with E-state index in [0.717, 1.165) is 11.1 Å². The van der Waals surface area contributed by atoms with Crippen LogP contribution in [0.2, 0.25) is 5.02 Å². The third-order valence-corrected chi connectivity index (χ3v) is 5.10. The summed E-state index contributed by atoms with van der Waals surface area (Å²) in [5, 5.41) is 0.535. The molecule has 21 heavy (non-hydrogen) atoms. The summed E-state index contributed by atoms with van der Waals surface area (Å²) in [6.07, 6.45) is 0. The molecule has 0 aromatic heterocycles. The fourth-order valence-electron chi connectivity index (χ4n) is 1.95. The van der Waals surface area contributed by atoms with E-state index < -0.39 is 10.0 Å². The highest BCUT2D eigenvalue weighted by Gasteiger charge is 2.17. The molecule has 0 saturated heterocycles. The monoisotopic (exact) mass is 324 g/mol. The first-order chi connectivity index (χ1) is 9.94. The first-order valence-corrected chi connectivity index (χ1v) is 8.33. The van der Waals surface area contributed by atoms with Crippen molar-refractivity contribution in [1.82, 2.24) is 4.72 Å². The molecule has 0 aliphatic heterocycles. The Hall–Kier alpha value is -1.40. The van der Waals surface area contributed by atoms with Crippen molar-refractivity contribution in [2.24, 2.45) is 5.73 Å². The van der Waals surface area contributed by atoms with E-state index in [1.807, 2.05) is 12.1 Å². The second-order valence-electron chi connectivity index (χ2n) is 4.72. The third-order valence-electron chi connectivity index (χ3n) is 3.19. The van der Waals surface area contributed by atoms with Gasteiger partial charge in [0.15, 0.2) is 0 Å². The minimum absolute atomic E-state index is 0.147. The predicted molar refractivity (Wildman–Crippen MR) is 84.5 cm³/mol. The first kappa shape index (κ1) is 16.0. The number of benzene rings is 2. The van der Waals surface area contributed by atoms with Gasteiger partial charge in [-0.2, -0.15) is 0 Å². The van der Waals surface area contributed by atoms with E-state index >= 15 is 0 Å². The van der Waals surface area contributed by atoms with Gasteiger partial charge in [-0.05, 0) is 35.7 Å². The van der Waals surface area contributed by atoms with Crippen LogP contribution >= 0.6 is 11.6 Å². The van der Waals surface area contributed by atoms with Crippen LogP contribution in [0.15, 0.2) is 47.4 Å². The van der Waals surface area contributed by atoms with Crippen molar-refractivity contribution in [2.75, 3.05) is 0 Å². The Bertz CT molecular complexity index is 745. The van der Waals surface area contributed by atoms with Crippen molar-refractivity contribution in [1.29, 1.82) is 0 Å². The van der Waals surface area contributed by atoms with E-state index in [1.54, 1.807) is 37.3 Å². The number of rotatable bonds is 5. The summed E-state index contributed by atoms with van der Waals surface area (Å²) < 4.78 is 27.4. The molecule has 0 atom stereocenters. The molecule has 3 N–H and O–H groups in total. The van der Waals surface area contributed by atoms with Crippen molar-refractivity contribution in [3.8, 4) is 0 Å². The molecule has 0 bridgehead atoms. The maximum Gasteiger partial charge on any atom is 0.241 e. The number of hydrogen-bond acceptors (Lipinski definition) is 3. The van der Waals surface area contributed by atoms with Gasteiger partial charge in [0.2, 0.25) is 10.0 Å². The summed E-state index contributed by atoms with van der Waals surface area (Å²) in [4.78, 5) is 0.248. The Kier molecular flexibility index (Phi) is 5.00. The summed E-state index contributed by atoms with van der Waals surface area (Å²) in [6, 6.07) is 12.3. The zero-order valence-electron chi connectivity index (χ0n) is 11.6. The highest BCUT2D eigenvalue weighted by atomic mass is 35.5. The van der Waals surface area contributed by atoms with E-state index in [9.17, 15) is 8.42 Å². The van der Waals surface area contributed by atoms with Crippen LogP contribution in [0.25, 0.3) is 0 Å². The number of hydrogen-bond donors (Lipinski definition) is 2. The number of aryl methyl sites for hydroxylation is 1. The average Bonchev–Trinajstić information content (AvgIpc) is 2.47. The van der Waals surface area contributed by atoms with Crippen molar-refractivity contribution < 1.29 is 8.42 Å². The molecule has 6 heteroatoms. The molecule has 0 aliphatic carbocycles. The molecule has 2 aromatic rings. The van der Waals surface area contributed by atoms with Gasteiger partial charge in [-0.15, -0.1) is 0 Å².